The van der Waals surface area contributed by atoms with Crippen LogP contribution in [0.5, 0.6) is 0 Å². The Bertz CT molecular complexity index is 204. The fraction of sp³-hybridized carbons (Fsp3) is 0.875. The summed E-state index contributed by atoms with van der Waals surface area (Å²) in [5, 5.41) is 8.86. The summed E-state index contributed by atoms with van der Waals surface area (Å²) in [5.41, 5.74) is 0. The predicted molar refractivity (Wildman–Crippen MR) is 41.7 cm³/mol. The second-order valence-corrected chi connectivity index (χ2v) is 4.42. The molecule has 0 radical (unpaired) electrons. The number of carboxylic acid groups (broad SMARTS) is 1. The molecule has 2 aliphatic rings. The number of fused-ring (bicyclic) bond motifs is 2. The van der Waals surface area contributed by atoms with Crippen LogP contribution < -0.4 is 0 Å². The molecule has 0 aromatic heterocycles. The first-order chi connectivity index (χ1) is 5.13. The van der Waals surface area contributed by atoms with Crippen LogP contribution in [0.25, 0.3) is 0 Å². The Hall–Kier alpha value is -0.240. The molecule has 2 nitrogen and oxygen atoms in total. The standard InChI is InChI=1S/C8H11ClO2/c9-8(7(10)11)4-5-1-2-6(8)3-5/h5-6H,1-4H2,(H,10,11)/t5-,6-,8+/m0/s1. The number of carbonyl (C=O) groups is 1. The SMILES string of the molecule is O=C(O)[C@@]1(Cl)C[C@H]2CC[C@H]1C2. The van der Waals surface area contributed by atoms with E-state index in [-0.39, 0.29) is 5.92 Å². The first kappa shape index (κ1) is 7.41. The molecule has 0 aliphatic heterocycles. The number of hydrogen-bond acceptors (Lipinski definition) is 1. The summed E-state index contributed by atoms with van der Waals surface area (Å²) in [7, 11) is 0. The smallest absolute Gasteiger partial charge is 0.325 e. The third-order valence-corrected chi connectivity index (χ3v) is 3.75. The number of rotatable bonds is 1. The van der Waals surface area contributed by atoms with Crippen LogP contribution in [0.4, 0.5) is 0 Å². The van der Waals surface area contributed by atoms with Crippen LogP contribution >= 0.6 is 11.6 Å². The van der Waals surface area contributed by atoms with Gasteiger partial charge in [-0.3, -0.25) is 4.79 Å². The van der Waals surface area contributed by atoms with Crippen molar-refractivity contribution in [3.63, 3.8) is 0 Å². The maximum Gasteiger partial charge on any atom is 0.325 e. The molecule has 0 aromatic carbocycles. The van der Waals surface area contributed by atoms with Crippen LogP contribution in [0.15, 0.2) is 0 Å². The quantitative estimate of drug-likeness (QED) is 0.617. The molecule has 1 N–H and O–H groups in total. The van der Waals surface area contributed by atoms with Gasteiger partial charge < -0.3 is 5.11 Å². The second-order valence-electron chi connectivity index (χ2n) is 3.75. The van der Waals surface area contributed by atoms with E-state index in [4.69, 9.17) is 16.7 Å². The normalized spacial score (nSPS) is 48.1. The molecule has 0 heterocycles. The molecule has 62 valence electrons. The summed E-state index contributed by atoms with van der Waals surface area (Å²) in [4.78, 5) is 9.88. The van der Waals surface area contributed by atoms with Crippen molar-refractivity contribution in [3.8, 4) is 0 Å². The van der Waals surface area contributed by atoms with Gasteiger partial charge in [-0.15, -0.1) is 11.6 Å². The Kier molecular flexibility index (Phi) is 1.43. The molecule has 2 rings (SSSR count). The zero-order valence-electron chi connectivity index (χ0n) is 6.22. The minimum Gasteiger partial charge on any atom is -0.480 e. The average molecular weight is 175 g/mol. The second kappa shape index (κ2) is 2.13. The molecule has 2 bridgehead atoms. The molecule has 0 saturated heterocycles. The number of alkyl halides is 1. The Balaban J connectivity index is 2.23. The highest BCUT2D eigenvalue weighted by atomic mass is 35.5. The van der Waals surface area contributed by atoms with Crippen molar-refractivity contribution in [2.45, 2.75) is 30.6 Å². The van der Waals surface area contributed by atoms with E-state index in [2.05, 4.69) is 0 Å². The highest BCUT2D eigenvalue weighted by Crippen LogP contribution is 2.54. The van der Waals surface area contributed by atoms with Crippen LogP contribution in [0.1, 0.15) is 25.7 Å². The Morgan fingerprint density at radius 1 is 1.55 bits per heavy atom. The first-order valence-electron chi connectivity index (χ1n) is 4.05. The number of halogens is 1. The predicted octanol–water partition coefficient (Wildman–Crippen LogP) is 1.87. The summed E-state index contributed by atoms with van der Waals surface area (Å²) in [6, 6.07) is 0. The van der Waals surface area contributed by atoms with Crippen LogP contribution in [0, 0.1) is 11.8 Å². The van der Waals surface area contributed by atoms with Gasteiger partial charge in [-0.25, -0.2) is 0 Å². The van der Waals surface area contributed by atoms with E-state index < -0.39 is 10.8 Å². The lowest BCUT2D eigenvalue weighted by molar-refractivity contribution is -0.141. The topological polar surface area (TPSA) is 37.3 Å². The number of aliphatic carboxylic acids is 1. The zero-order chi connectivity index (χ0) is 8.06. The molecule has 0 unspecified atom stereocenters. The highest BCUT2D eigenvalue weighted by Gasteiger charge is 2.54. The van der Waals surface area contributed by atoms with Gasteiger partial charge in [-0.1, -0.05) is 6.42 Å². The minimum absolute atomic E-state index is 0.242. The summed E-state index contributed by atoms with van der Waals surface area (Å²) in [6.45, 7) is 0. The highest BCUT2D eigenvalue weighted by molar-refractivity contribution is 6.34. The number of carboxylic acids is 1. The largest absolute Gasteiger partial charge is 0.480 e. The molecular formula is C8H11ClO2. The van der Waals surface area contributed by atoms with E-state index in [1.54, 1.807) is 0 Å². The van der Waals surface area contributed by atoms with E-state index in [1.807, 2.05) is 0 Å². The van der Waals surface area contributed by atoms with Gasteiger partial charge in [-0.2, -0.15) is 0 Å². The summed E-state index contributed by atoms with van der Waals surface area (Å²) < 4.78 is 0. The van der Waals surface area contributed by atoms with E-state index in [0.29, 0.717) is 12.3 Å². The van der Waals surface area contributed by atoms with Gasteiger partial charge in [0.15, 0.2) is 0 Å². The maximum atomic E-state index is 10.8. The van der Waals surface area contributed by atoms with Gasteiger partial charge in [0.25, 0.3) is 0 Å². The van der Waals surface area contributed by atoms with Gasteiger partial charge in [0.05, 0.1) is 0 Å². The fourth-order valence-electron chi connectivity index (χ4n) is 2.52. The van der Waals surface area contributed by atoms with Crippen LogP contribution in [0.2, 0.25) is 0 Å². The van der Waals surface area contributed by atoms with Crippen molar-refractivity contribution < 1.29 is 9.90 Å². The fourth-order valence-corrected chi connectivity index (χ4v) is 2.94. The lowest BCUT2D eigenvalue weighted by atomic mass is 9.88. The molecule has 3 heteroatoms. The Labute approximate surface area is 70.5 Å². The molecule has 2 aliphatic carbocycles. The van der Waals surface area contributed by atoms with Gasteiger partial charge in [0, 0.05) is 0 Å². The first-order valence-corrected chi connectivity index (χ1v) is 4.43. The lowest BCUT2D eigenvalue weighted by Gasteiger charge is -2.26. The third kappa shape index (κ3) is 0.886. The van der Waals surface area contributed by atoms with Crippen LogP contribution in [-0.2, 0) is 4.79 Å². The molecule has 0 spiro atoms. The van der Waals surface area contributed by atoms with Crippen molar-refractivity contribution in [3.05, 3.63) is 0 Å². The molecular weight excluding hydrogens is 164 g/mol. The molecule has 11 heavy (non-hydrogen) atoms. The van der Waals surface area contributed by atoms with Crippen molar-refractivity contribution in [1.29, 1.82) is 0 Å². The third-order valence-electron chi connectivity index (χ3n) is 3.13. The molecule has 0 aromatic rings. The minimum atomic E-state index is -0.900. The monoisotopic (exact) mass is 174 g/mol. The van der Waals surface area contributed by atoms with Crippen molar-refractivity contribution >= 4 is 17.6 Å². The van der Waals surface area contributed by atoms with E-state index >= 15 is 0 Å². The van der Waals surface area contributed by atoms with Crippen molar-refractivity contribution in [2.75, 3.05) is 0 Å². The van der Waals surface area contributed by atoms with Crippen molar-refractivity contribution in [1.82, 2.24) is 0 Å². The molecule has 2 fully saturated rings. The van der Waals surface area contributed by atoms with Crippen LogP contribution in [0.3, 0.4) is 0 Å². The van der Waals surface area contributed by atoms with Gasteiger partial charge >= 0.3 is 5.97 Å². The van der Waals surface area contributed by atoms with E-state index in [9.17, 15) is 4.79 Å². The summed E-state index contributed by atoms with van der Waals surface area (Å²) in [5.74, 6) is 0.0200. The maximum absolute atomic E-state index is 10.8. The Morgan fingerprint density at radius 2 is 2.27 bits per heavy atom. The molecule has 0 amide bonds. The zero-order valence-corrected chi connectivity index (χ0v) is 6.97. The number of hydrogen-bond donors (Lipinski definition) is 1. The molecule has 2 saturated carbocycles. The summed E-state index contributed by atoms with van der Waals surface area (Å²) in [6.07, 6.45) is 3.93. The Morgan fingerprint density at radius 3 is 2.55 bits per heavy atom. The van der Waals surface area contributed by atoms with E-state index in [0.717, 1.165) is 12.8 Å². The van der Waals surface area contributed by atoms with Gasteiger partial charge in [0.2, 0.25) is 0 Å². The van der Waals surface area contributed by atoms with Crippen molar-refractivity contribution in [2.24, 2.45) is 11.8 Å². The van der Waals surface area contributed by atoms with Gasteiger partial charge in [-0.05, 0) is 31.1 Å². The summed E-state index contributed by atoms with van der Waals surface area (Å²) >= 11 is 6.00. The van der Waals surface area contributed by atoms with Gasteiger partial charge in [0.1, 0.15) is 4.87 Å². The molecule has 3 atom stereocenters. The average Bonchev–Trinajstić information content (AvgIpc) is 2.45. The van der Waals surface area contributed by atoms with Crippen LogP contribution in [-0.4, -0.2) is 16.0 Å². The van der Waals surface area contributed by atoms with E-state index in [1.165, 1.54) is 6.42 Å². The lowest BCUT2D eigenvalue weighted by Crippen LogP contribution is -2.37.